The molecule has 0 aliphatic carbocycles. The molecule has 0 aromatic carbocycles. The summed E-state index contributed by atoms with van der Waals surface area (Å²) in [5, 5.41) is 2.00. The van der Waals surface area contributed by atoms with Crippen LogP contribution in [0.3, 0.4) is 0 Å². The van der Waals surface area contributed by atoms with E-state index in [2.05, 4.69) is 40.2 Å². The predicted molar refractivity (Wildman–Crippen MR) is 77.9 cm³/mol. The van der Waals surface area contributed by atoms with E-state index in [0.717, 1.165) is 41.9 Å². The monoisotopic (exact) mass is 331 g/mol. The summed E-state index contributed by atoms with van der Waals surface area (Å²) in [6.45, 7) is 5.85. The molecule has 0 bridgehead atoms. The fraction of sp³-hybridized carbons (Fsp3) is 0.583. The normalized spacial score (nSPS) is 17.9. The van der Waals surface area contributed by atoms with Crippen LogP contribution < -0.4 is 5.43 Å². The van der Waals surface area contributed by atoms with Gasteiger partial charge >= 0.3 is 0 Å². The third kappa shape index (κ3) is 3.32. The van der Waals surface area contributed by atoms with Crippen molar-refractivity contribution < 1.29 is 4.79 Å². The molecule has 1 amide bonds. The van der Waals surface area contributed by atoms with Crippen LogP contribution in [0.5, 0.6) is 0 Å². The Morgan fingerprint density at radius 1 is 1.44 bits per heavy atom. The minimum absolute atomic E-state index is 0.00459. The van der Waals surface area contributed by atoms with Crippen LogP contribution >= 0.6 is 27.3 Å². The highest BCUT2D eigenvalue weighted by atomic mass is 79.9. The molecule has 1 aliphatic rings. The van der Waals surface area contributed by atoms with Crippen LogP contribution in [-0.4, -0.2) is 49.0 Å². The zero-order chi connectivity index (χ0) is 13.1. The summed E-state index contributed by atoms with van der Waals surface area (Å²) in [7, 11) is 2.10. The Morgan fingerprint density at radius 2 is 2.11 bits per heavy atom. The van der Waals surface area contributed by atoms with Gasteiger partial charge in [0.05, 0.1) is 4.88 Å². The molecule has 1 aromatic heterocycles. The lowest BCUT2D eigenvalue weighted by molar-refractivity contribution is 0.0666. The summed E-state index contributed by atoms with van der Waals surface area (Å²) in [4.78, 5) is 16.4. The van der Waals surface area contributed by atoms with Gasteiger partial charge in [-0.15, -0.1) is 11.3 Å². The molecule has 1 fully saturated rings. The lowest BCUT2D eigenvalue weighted by atomic mass is 10.3. The van der Waals surface area contributed by atoms with Crippen LogP contribution in [0.1, 0.15) is 21.5 Å². The first kappa shape index (κ1) is 14.0. The maximum Gasteiger partial charge on any atom is 0.275 e. The fourth-order valence-electron chi connectivity index (χ4n) is 1.88. The lowest BCUT2D eigenvalue weighted by Crippen LogP contribution is -2.52. The average molecular weight is 332 g/mol. The van der Waals surface area contributed by atoms with Crippen LogP contribution in [0.2, 0.25) is 0 Å². The van der Waals surface area contributed by atoms with Gasteiger partial charge in [0.2, 0.25) is 0 Å². The molecule has 6 heteroatoms. The number of rotatable bonds is 3. The van der Waals surface area contributed by atoms with Crippen molar-refractivity contribution >= 4 is 33.2 Å². The van der Waals surface area contributed by atoms with Crippen LogP contribution in [0.4, 0.5) is 0 Å². The van der Waals surface area contributed by atoms with Gasteiger partial charge in [-0.05, 0) is 35.5 Å². The zero-order valence-corrected chi connectivity index (χ0v) is 13.1. The van der Waals surface area contributed by atoms with Crippen molar-refractivity contribution in [2.45, 2.75) is 13.3 Å². The van der Waals surface area contributed by atoms with Gasteiger partial charge in [-0.3, -0.25) is 10.2 Å². The van der Waals surface area contributed by atoms with Crippen molar-refractivity contribution in [2.24, 2.45) is 0 Å². The van der Waals surface area contributed by atoms with Crippen LogP contribution in [-0.2, 0) is 6.42 Å². The van der Waals surface area contributed by atoms with Crippen LogP contribution in [0.15, 0.2) is 10.5 Å². The number of likely N-dealkylation sites (N-methyl/N-ethyl adjacent to an activating group) is 1. The molecule has 18 heavy (non-hydrogen) atoms. The number of carbonyl (C=O) groups is 1. The Balaban J connectivity index is 1.94. The Labute approximate surface area is 120 Å². The SMILES string of the molecule is CCc1sc(C(=O)NN2CCN(C)CC2)cc1Br. The Kier molecular flexibility index (Phi) is 4.77. The van der Waals surface area contributed by atoms with E-state index in [1.54, 1.807) is 11.3 Å². The highest BCUT2D eigenvalue weighted by Crippen LogP contribution is 2.27. The van der Waals surface area contributed by atoms with E-state index < -0.39 is 0 Å². The number of carbonyl (C=O) groups excluding carboxylic acids is 1. The lowest BCUT2D eigenvalue weighted by Gasteiger charge is -2.32. The molecule has 1 saturated heterocycles. The summed E-state index contributed by atoms with van der Waals surface area (Å²) in [6.07, 6.45) is 0.951. The van der Waals surface area contributed by atoms with E-state index in [1.807, 2.05) is 11.1 Å². The van der Waals surface area contributed by atoms with Crippen LogP contribution in [0, 0.1) is 0 Å². The smallest absolute Gasteiger partial charge is 0.275 e. The van der Waals surface area contributed by atoms with E-state index in [4.69, 9.17) is 0 Å². The molecule has 4 nitrogen and oxygen atoms in total. The second kappa shape index (κ2) is 6.14. The molecular weight excluding hydrogens is 314 g/mol. The predicted octanol–water partition coefficient (Wildman–Crippen LogP) is 1.97. The quantitative estimate of drug-likeness (QED) is 0.919. The van der Waals surface area contributed by atoms with Crippen molar-refractivity contribution in [3.8, 4) is 0 Å². The molecule has 0 unspecified atom stereocenters. The Bertz CT molecular complexity index is 427. The molecule has 1 aromatic rings. The molecule has 1 N–H and O–H groups in total. The number of nitrogens with zero attached hydrogens (tertiary/aromatic N) is 2. The highest BCUT2D eigenvalue weighted by molar-refractivity contribution is 9.10. The molecule has 2 rings (SSSR count). The van der Waals surface area contributed by atoms with Crippen molar-refractivity contribution in [1.82, 2.24) is 15.3 Å². The summed E-state index contributed by atoms with van der Waals surface area (Å²) in [5.41, 5.74) is 2.98. The molecule has 0 saturated carbocycles. The largest absolute Gasteiger partial charge is 0.304 e. The van der Waals surface area contributed by atoms with E-state index in [-0.39, 0.29) is 5.91 Å². The topological polar surface area (TPSA) is 35.6 Å². The van der Waals surface area contributed by atoms with Gasteiger partial charge in [-0.25, -0.2) is 5.01 Å². The van der Waals surface area contributed by atoms with Gasteiger partial charge in [0, 0.05) is 35.5 Å². The van der Waals surface area contributed by atoms with Crippen molar-refractivity contribution in [3.05, 3.63) is 20.3 Å². The maximum absolute atomic E-state index is 12.1. The third-order valence-electron chi connectivity index (χ3n) is 3.07. The number of nitrogens with one attached hydrogen (secondary N) is 1. The maximum atomic E-state index is 12.1. The standard InChI is InChI=1S/C12H18BrN3OS/c1-3-10-9(13)8-11(18-10)12(17)14-16-6-4-15(2)5-7-16/h8H,3-7H2,1-2H3,(H,14,17). The average Bonchev–Trinajstić information content (AvgIpc) is 2.73. The number of thiophene rings is 1. The van der Waals surface area contributed by atoms with Gasteiger partial charge < -0.3 is 4.90 Å². The first-order valence-corrected chi connectivity index (χ1v) is 7.73. The molecule has 1 aliphatic heterocycles. The Hall–Kier alpha value is -0.430. The number of piperazine rings is 1. The first-order valence-electron chi connectivity index (χ1n) is 6.13. The van der Waals surface area contributed by atoms with Crippen molar-refractivity contribution in [2.75, 3.05) is 33.2 Å². The number of aryl methyl sites for hydroxylation is 1. The number of hydrazine groups is 1. The van der Waals surface area contributed by atoms with E-state index >= 15 is 0 Å². The van der Waals surface area contributed by atoms with Crippen molar-refractivity contribution in [1.29, 1.82) is 0 Å². The number of amides is 1. The highest BCUT2D eigenvalue weighted by Gasteiger charge is 2.18. The zero-order valence-electron chi connectivity index (χ0n) is 10.7. The van der Waals surface area contributed by atoms with Gasteiger partial charge in [0.25, 0.3) is 5.91 Å². The molecular formula is C12H18BrN3OS. The summed E-state index contributed by atoms with van der Waals surface area (Å²) >= 11 is 5.05. The fourth-order valence-corrected chi connectivity index (χ4v) is 3.66. The molecule has 0 atom stereocenters. The van der Waals surface area contributed by atoms with E-state index in [0.29, 0.717) is 0 Å². The second-order valence-electron chi connectivity index (χ2n) is 4.47. The van der Waals surface area contributed by atoms with Gasteiger partial charge in [0.15, 0.2) is 0 Å². The minimum atomic E-state index is 0.00459. The Morgan fingerprint density at radius 3 is 2.67 bits per heavy atom. The number of halogens is 1. The molecule has 0 spiro atoms. The number of hydrogen-bond acceptors (Lipinski definition) is 4. The van der Waals surface area contributed by atoms with Crippen LogP contribution in [0.25, 0.3) is 0 Å². The number of hydrogen-bond donors (Lipinski definition) is 1. The van der Waals surface area contributed by atoms with Gasteiger partial charge in [-0.1, -0.05) is 6.92 Å². The van der Waals surface area contributed by atoms with E-state index in [1.165, 1.54) is 4.88 Å². The first-order chi connectivity index (χ1) is 8.60. The molecule has 2 heterocycles. The summed E-state index contributed by atoms with van der Waals surface area (Å²) in [6, 6.07) is 1.91. The molecule has 0 radical (unpaired) electrons. The third-order valence-corrected chi connectivity index (χ3v) is 5.31. The summed E-state index contributed by atoms with van der Waals surface area (Å²) in [5.74, 6) is 0.00459. The van der Waals surface area contributed by atoms with E-state index in [9.17, 15) is 4.79 Å². The van der Waals surface area contributed by atoms with Crippen molar-refractivity contribution in [3.63, 3.8) is 0 Å². The van der Waals surface area contributed by atoms with Gasteiger partial charge in [-0.2, -0.15) is 0 Å². The minimum Gasteiger partial charge on any atom is -0.304 e. The second-order valence-corrected chi connectivity index (χ2v) is 6.46. The summed E-state index contributed by atoms with van der Waals surface area (Å²) < 4.78 is 1.04. The molecule has 100 valence electrons. The van der Waals surface area contributed by atoms with Gasteiger partial charge in [0.1, 0.15) is 0 Å².